The van der Waals surface area contributed by atoms with Crippen LogP contribution in [0.3, 0.4) is 0 Å². The number of rotatable bonds is 4. The summed E-state index contributed by atoms with van der Waals surface area (Å²) in [5.74, 6) is -0.131. The van der Waals surface area contributed by atoms with E-state index in [9.17, 15) is 0 Å². The van der Waals surface area contributed by atoms with Gasteiger partial charge in [-0.15, -0.1) is 0 Å². The summed E-state index contributed by atoms with van der Waals surface area (Å²) in [5.41, 5.74) is 5.57. The Kier molecular flexibility index (Phi) is 3.87. The summed E-state index contributed by atoms with van der Waals surface area (Å²) in [6.45, 7) is 0. The van der Waals surface area contributed by atoms with Crippen molar-refractivity contribution in [3.8, 4) is 45.3 Å². The molecule has 1 aliphatic carbocycles. The molecular weight excluding hydrogens is 538 g/mol. The number of fused-ring (bicyclic) bond motifs is 6. The van der Waals surface area contributed by atoms with Crippen molar-refractivity contribution in [3.05, 3.63) is 162 Å². The van der Waals surface area contributed by atoms with E-state index >= 15 is 0 Å². The highest BCUT2D eigenvalue weighted by Gasteiger charge is 2.30. The second-order valence-electron chi connectivity index (χ2n) is 10.5. The number of hydrogen-bond acceptors (Lipinski definition) is 4. The Morgan fingerprint density at radius 3 is 1.98 bits per heavy atom. The second-order valence-corrected chi connectivity index (χ2v) is 10.5. The third kappa shape index (κ3) is 3.89. The van der Waals surface area contributed by atoms with E-state index in [1.54, 1.807) is 18.2 Å². The lowest BCUT2D eigenvalue weighted by Gasteiger charge is -2.14. The van der Waals surface area contributed by atoms with Crippen molar-refractivity contribution in [2.75, 3.05) is 0 Å². The molecule has 0 radical (unpaired) electrons. The number of furan rings is 1. The van der Waals surface area contributed by atoms with Crippen LogP contribution in [0.1, 0.15) is 34.9 Å². The molecule has 0 saturated heterocycles. The molecule has 0 aliphatic heterocycles. The molecule has 9 rings (SSSR count). The number of hydrogen-bond donors (Lipinski definition) is 0. The highest BCUT2D eigenvalue weighted by atomic mass is 16.3. The SMILES string of the molecule is [2H]c1cc([2H])c2c(c1)-c1cc([2H])cc([2H])c1C2c1ccc2oc3c(-c4nc(-c5ccccc5)nc(-c5c([2H])c([2H])c([2H])c([2H])c5[2H])n4)cccc3c2c1. The number of nitrogens with zero attached hydrogens (tertiary/aromatic N) is 3. The van der Waals surface area contributed by atoms with E-state index in [2.05, 4.69) is 4.98 Å². The van der Waals surface area contributed by atoms with Gasteiger partial charge in [0.25, 0.3) is 0 Å². The molecule has 0 spiro atoms. The summed E-state index contributed by atoms with van der Waals surface area (Å²) in [7, 11) is 0. The number of para-hydroxylation sites is 1. The minimum atomic E-state index is -0.516. The zero-order valence-electron chi connectivity index (χ0n) is 32.0. The molecule has 6 aromatic carbocycles. The van der Waals surface area contributed by atoms with Crippen LogP contribution in [0.4, 0.5) is 0 Å². The zero-order valence-corrected chi connectivity index (χ0v) is 23.0. The van der Waals surface area contributed by atoms with Gasteiger partial charge in [-0.25, -0.2) is 15.0 Å². The summed E-state index contributed by atoms with van der Waals surface area (Å²) >= 11 is 0. The van der Waals surface area contributed by atoms with E-state index in [1.807, 2.05) is 60.7 Å². The average molecular weight is 573 g/mol. The molecule has 0 atom stereocenters. The molecule has 2 aromatic heterocycles. The molecule has 206 valence electrons. The van der Waals surface area contributed by atoms with E-state index in [4.69, 9.17) is 26.7 Å². The summed E-state index contributed by atoms with van der Waals surface area (Å²) in [4.78, 5) is 14.1. The smallest absolute Gasteiger partial charge is 0.167 e. The summed E-state index contributed by atoms with van der Waals surface area (Å²) in [6.07, 6.45) is 0. The number of aromatic nitrogens is 3. The number of benzene rings is 6. The fourth-order valence-electron chi connectivity index (χ4n) is 6.06. The fraction of sp³-hybridized carbons (Fsp3) is 0.0250. The Morgan fingerprint density at radius 2 is 1.23 bits per heavy atom. The Labute approximate surface area is 267 Å². The lowest BCUT2D eigenvalue weighted by atomic mass is 9.88. The Bertz CT molecular complexity index is 2770. The van der Waals surface area contributed by atoms with Gasteiger partial charge >= 0.3 is 0 Å². The lowest BCUT2D eigenvalue weighted by molar-refractivity contribution is 0.669. The van der Waals surface area contributed by atoms with E-state index in [0.29, 0.717) is 44.5 Å². The van der Waals surface area contributed by atoms with Crippen molar-refractivity contribution in [3.63, 3.8) is 0 Å². The molecule has 8 aromatic rings. The van der Waals surface area contributed by atoms with E-state index in [1.165, 1.54) is 12.1 Å². The first-order valence-electron chi connectivity index (χ1n) is 18.6. The van der Waals surface area contributed by atoms with E-state index in [-0.39, 0.29) is 47.2 Å². The van der Waals surface area contributed by atoms with E-state index < -0.39 is 36.1 Å². The third-order valence-electron chi connectivity index (χ3n) is 8.01. The van der Waals surface area contributed by atoms with Crippen molar-refractivity contribution in [2.24, 2.45) is 0 Å². The molecule has 1 aliphatic rings. The fourth-order valence-corrected chi connectivity index (χ4v) is 6.06. The Hall–Kier alpha value is -5.87. The van der Waals surface area contributed by atoms with Gasteiger partial charge in [-0.2, -0.15) is 0 Å². The molecule has 0 amide bonds. The maximum Gasteiger partial charge on any atom is 0.167 e. The first kappa shape index (κ1) is 17.3. The van der Waals surface area contributed by atoms with Crippen LogP contribution in [0.2, 0.25) is 0 Å². The summed E-state index contributed by atoms with van der Waals surface area (Å²) < 4.78 is 82.6. The lowest BCUT2D eigenvalue weighted by Crippen LogP contribution is -2.00. The molecule has 0 fully saturated rings. The molecule has 0 N–H and O–H groups in total. The van der Waals surface area contributed by atoms with Crippen molar-refractivity contribution in [2.45, 2.75) is 5.92 Å². The normalized spacial score (nSPS) is 15.3. The maximum atomic E-state index is 8.86. The van der Waals surface area contributed by atoms with Gasteiger partial charge in [0.15, 0.2) is 17.5 Å². The monoisotopic (exact) mass is 572 g/mol. The van der Waals surface area contributed by atoms with Gasteiger partial charge in [-0.3, -0.25) is 0 Å². The van der Waals surface area contributed by atoms with Crippen LogP contribution in [0, 0.1) is 0 Å². The van der Waals surface area contributed by atoms with E-state index in [0.717, 1.165) is 16.3 Å². The van der Waals surface area contributed by atoms with Crippen LogP contribution in [0.5, 0.6) is 0 Å². The quantitative estimate of drug-likeness (QED) is 0.211. The molecule has 0 bridgehead atoms. The predicted molar refractivity (Wildman–Crippen MR) is 176 cm³/mol. The second kappa shape index (κ2) is 9.85. The summed E-state index contributed by atoms with van der Waals surface area (Å²) in [5, 5.41) is 1.51. The van der Waals surface area contributed by atoms with Gasteiger partial charge in [0.05, 0.1) is 17.9 Å². The Morgan fingerprint density at radius 1 is 0.523 bits per heavy atom. The minimum absolute atomic E-state index is 0.0797. The molecular formula is C40H25N3O. The van der Waals surface area contributed by atoms with Gasteiger partial charge < -0.3 is 4.42 Å². The topological polar surface area (TPSA) is 51.8 Å². The van der Waals surface area contributed by atoms with Crippen LogP contribution in [-0.2, 0) is 0 Å². The standard InChI is InChI=1S/C40H25N3O/c1-3-12-25(13-4-1)38-41-39(26-14-5-2-6-15-26)43-40(42-38)33-21-11-20-32-34-24-27(22-23-35(34)44-37(32)33)36-30-18-9-7-16-28(30)29-17-8-10-19-31(29)36/h1-24,36H/i1D,3D,4D,7D,8D,12D,13D,18D,19D. The van der Waals surface area contributed by atoms with Gasteiger partial charge in [0, 0.05) is 27.8 Å². The van der Waals surface area contributed by atoms with Crippen LogP contribution in [0.25, 0.3) is 67.2 Å². The molecule has 4 heteroatoms. The van der Waals surface area contributed by atoms with Crippen molar-refractivity contribution < 1.29 is 16.8 Å². The average Bonchev–Trinajstić information content (AvgIpc) is 3.69. The molecule has 44 heavy (non-hydrogen) atoms. The van der Waals surface area contributed by atoms with Crippen molar-refractivity contribution >= 4 is 21.9 Å². The van der Waals surface area contributed by atoms with Crippen LogP contribution < -0.4 is 0 Å². The minimum Gasteiger partial charge on any atom is -0.455 e. The van der Waals surface area contributed by atoms with Gasteiger partial charge in [-0.1, -0.05) is 127 Å². The van der Waals surface area contributed by atoms with Crippen LogP contribution in [-0.4, -0.2) is 15.0 Å². The van der Waals surface area contributed by atoms with Gasteiger partial charge in [0.1, 0.15) is 11.2 Å². The molecule has 4 nitrogen and oxygen atoms in total. The van der Waals surface area contributed by atoms with Gasteiger partial charge in [-0.05, 0) is 46.0 Å². The predicted octanol–water partition coefficient (Wildman–Crippen LogP) is 9.93. The molecule has 0 unspecified atom stereocenters. The first-order valence-corrected chi connectivity index (χ1v) is 14.1. The Balaban J connectivity index is 1.26. The highest BCUT2D eigenvalue weighted by molar-refractivity contribution is 6.09. The summed E-state index contributed by atoms with van der Waals surface area (Å²) in [6, 6.07) is 25.2. The van der Waals surface area contributed by atoms with Gasteiger partial charge in [0.2, 0.25) is 0 Å². The van der Waals surface area contributed by atoms with Crippen LogP contribution >= 0.6 is 0 Å². The van der Waals surface area contributed by atoms with Crippen molar-refractivity contribution in [1.82, 2.24) is 15.0 Å². The van der Waals surface area contributed by atoms with Crippen molar-refractivity contribution in [1.29, 1.82) is 0 Å². The maximum absolute atomic E-state index is 8.86. The highest BCUT2D eigenvalue weighted by Crippen LogP contribution is 2.48. The van der Waals surface area contributed by atoms with Crippen LogP contribution in [0.15, 0.2) is 150 Å². The molecule has 2 heterocycles. The zero-order chi connectivity index (χ0) is 36.9. The largest absolute Gasteiger partial charge is 0.455 e. The third-order valence-corrected chi connectivity index (χ3v) is 8.01. The first-order chi connectivity index (χ1) is 25.5. The molecule has 0 saturated carbocycles.